The van der Waals surface area contributed by atoms with Crippen LogP contribution in [0.5, 0.6) is 0 Å². The van der Waals surface area contributed by atoms with Crippen LogP contribution in [0, 0.1) is 5.92 Å². The summed E-state index contributed by atoms with van der Waals surface area (Å²) in [6.07, 6.45) is 2.47. The lowest BCUT2D eigenvalue weighted by molar-refractivity contribution is -0.0533. The van der Waals surface area contributed by atoms with Crippen LogP contribution in [0.25, 0.3) is 0 Å². The van der Waals surface area contributed by atoms with E-state index < -0.39 is 21.2 Å². The van der Waals surface area contributed by atoms with Crippen molar-refractivity contribution < 1.29 is 30.5 Å². The molecule has 1 aliphatic carbocycles. The van der Waals surface area contributed by atoms with E-state index in [1.165, 1.54) is 6.08 Å². The fourth-order valence-electron chi connectivity index (χ4n) is 1.87. The Hall–Kier alpha value is -0.760. The molecule has 0 heterocycles. The predicted octanol–water partition coefficient (Wildman–Crippen LogP) is 2.96. The Morgan fingerprint density at radius 2 is 1.89 bits per heavy atom. The molecular weight excluding hydrogens is 285 g/mol. The van der Waals surface area contributed by atoms with Crippen molar-refractivity contribution in [3.05, 3.63) is 11.8 Å². The van der Waals surface area contributed by atoms with E-state index in [1.54, 1.807) is 7.11 Å². The smallest absolute Gasteiger partial charge is 0.381 e. The molecule has 0 aromatic heterocycles. The molecular formula is C11H17F3O4S. The molecule has 0 aromatic rings. The SMILES string of the molecule is COC(C)(C)C1CC=C(OS(=O)(=O)C(F)(F)F)CC1. The molecule has 8 heteroatoms. The highest BCUT2D eigenvalue weighted by molar-refractivity contribution is 7.87. The highest BCUT2D eigenvalue weighted by atomic mass is 32.2. The molecule has 1 unspecified atom stereocenters. The molecule has 1 atom stereocenters. The lowest BCUT2D eigenvalue weighted by Crippen LogP contribution is -2.34. The van der Waals surface area contributed by atoms with Gasteiger partial charge in [-0.05, 0) is 38.7 Å². The van der Waals surface area contributed by atoms with E-state index in [4.69, 9.17) is 4.74 Å². The lowest BCUT2D eigenvalue weighted by atomic mass is 9.81. The second-order valence-corrected chi connectivity index (χ2v) is 6.47. The summed E-state index contributed by atoms with van der Waals surface area (Å²) in [6, 6.07) is 0. The maximum absolute atomic E-state index is 12.1. The van der Waals surface area contributed by atoms with E-state index >= 15 is 0 Å². The van der Waals surface area contributed by atoms with Gasteiger partial charge in [-0.2, -0.15) is 21.6 Å². The lowest BCUT2D eigenvalue weighted by Gasteiger charge is -2.34. The molecule has 4 nitrogen and oxygen atoms in total. The minimum absolute atomic E-state index is 0.110. The number of hydrogen-bond donors (Lipinski definition) is 0. The second-order valence-electron chi connectivity index (χ2n) is 4.93. The fraction of sp³-hybridized carbons (Fsp3) is 0.818. The fourth-order valence-corrected chi connectivity index (χ4v) is 2.40. The van der Waals surface area contributed by atoms with Crippen molar-refractivity contribution in [1.29, 1.82) is 0 Å². The van der Waals surface area contributed by atoms with E-state index in [0.717, 1.165) is 0 Å². The summed E-state index contributed by atoms with van der Waals surface area (Å²) in [4.78, 5) is 0. The molecule has 0 amide bonds. The summed E-state index contributed by atoms with van der Waals surface area (Å²) < 4.78 is 67.5. The van der Waals surface area contributed by atoms with Crippen LogP contribution in [0.2, 0.25) is 0 Å². The number of methoxy groups -OCH3 is 1. The molecule has 0 aromatic carbocycles. The van der Waals surface area contributed by atoms with Gasteiger partial charge in [0.25, 0.3) is 0 Å². The Kier molecular flexibility index (Phi) is 4.56. The summed E-state index contributed by atoms with van der Waals surface area (Å²) in [5.74, 6) is -0.0427. The van der Waals surface area contributed by atoms with Crippen molar-refractivity contribution >= 4 is 10.1 Å². The average molecular weight is 302 g/mol. The molecule has 0 saturated carbocycles. The molecule has 0 N–H and O–H groups in total. The second kappa shape index (κ2) is 5.32. The Balaban J connectivity index is 2.72. The largest absolute Gasteiger partial charge is 0.534 e. The molecule has 0 fully saturated rings. The van der Waals surface area contributed by atoms with E-state index in [2.05, 4.69) is 4.18 Å². The molecule has 0 saturated heterocycles. The molecule has 0 aliphatic heterocycles. The van der Waals surface area contributed by atoms with Crippen LogP contribution in [-0.2, 0) is 19.0 Å². The summed E-state index contributed by atoms with van der Waals surface area (Å²) in [6.45, 7) is 3.76. The van der Waals surface area contributed by atoms with Crippen LogP contribution in [0.3, 0.4) is 0 Å². The van der Waals surface area contributed by atoms with E-state index in [9.17, 15) is 21.6 Å². The Bertz CT molecular complexity index is 451. The third kappa shape index (κ3) is 3.85. The number of halogens is 3. The van der Waals surface area contributed by atoms with Gasteiger partial charge in [-0.1, -0.05) is 0 Å². The average Bonchev–Trinajstić information content (AvgIpc) is 2.27. The Labute approximate surface area is 110 Å². The zero-order valence-corrected chi connectivity index (χ0v) is 11.8. The van der Waals surface area contributed by atoms with Gasteiger partial charge < -0.3 is 8.92 Å². The summed E-state index contributed by atoms with van der Waals surface area (Å²) in [7, 11) is -4.00. The molecule has 0 spiro atoms. The van der Waals surface area contributed by atoms with Gasteiger partial charge in [0.1, 0.15) is 5.76 Å². The number of ether oxygens (including phenoxy) is 1. The van der Waals surface area contributed by atoms with Crippen LogP contribution >= 0.6 is 0 Å². The first-order valence-electron chi connectivity index (χ1n) is 5.74. The molecule has 112 valence electrons. The van der Waals surface area contributed by atoms with E-state index in [1.807, 2.05) is 13.8 Å². The highest BCUT2D eigenvalue weighted by Crippen LogP contribution is 2.36. The molecule has 1 aliphatic rings. The van der Waals surface area contributed by atoms with Crippen LogP contribution in [0.4, 0.5) is 13.2 Å². The highest BCUT2D eigenvalue weighted by Gasteiger charge is 2.49. The van der Waals surface area contributed by atoms with Crippen LogP contribution in [0.15, 0.2) is 11.8 Å². The van der Waals surface area contributed by atoms with Crippen molar-refractivity contribution in [2.24, 2.45) is 5.92 Å². The van der Waals surface area contributed by atoms with Gasteiger partial charge in [0, 0.05) is 13.5 Å². The standard InChI is InChI=1S/C11H17F3O4S/c1-10(2,17-3)8-4-6-9(7-5-8)18-19(15,16)11(12,13)14/h6,8H,4-5,7H2,1-3H3. The van der Waals surface area contributed by atoms with Crippen molar-refractivity contribution in [1.82, 2.24) is 0 Å². The van der Waals surface area contributed by atoms with E-state index in [-0.39, 0.29) is 18.1 Å². The van der Waals surface area contributed by atoms with Gasteiger partial charge in [-0.15, -0.1) is 0 Å². The monoisotopic (exact) mass is 302 g/mol. The third-order valence-corrected chi connectivity index (χ3v) is 4.38. The number of rotatable bonds is 4. The van der Waals surface area contributed by atoms with Crippen molar-refractivity contribution in [3.63, 3.8) is 0 Å². The molecule has 19 heavy (non-hydrogen) atoms. The van der Waals surface area contributed by atoms with Gasteiger partial charge in [-0.25, -0.2) is 0 Å². The first kappa shape index (κ1) is 16.3. The van der Waals surface area contributed by atoms with Crippen molar-refractivity contribution in [2.45, 2.75) is 44.2 Å². The molecule has 1 rings (SSSR count). The Morgan fingerprint density at radius 3 is 2.26 bits per heavy atom. The van der Waals surface area contributed by atoms with Crippen molar-refractivity contribution in [3.8, 4) is 0 Å². The molecule has 0 bridgehead atoms. The van der Waals surface area contributed by atoms with Crippen LogP contribution < -0.4 is 0 Å². The topological polar surface area (TPSA) is 52.6 Å². The zero-order chi connectivity index (χ0) is 14.9. The van der Waals surface area contributed by atoms with Gasteiger partial charge in [-0.3, -0.25) is 0 Å². The number of allylic oxidation sites excluding steroid dienone is 2. The maximum atomic E-state index is 12.1. The zero-order valence-electron chi connectivity index (χ0n) is 11.0. The quantitative estimate of drug-likeness (QED) is 0.592. The first-order valence-corrected chi connectivity index (χ1v) is 7.15. The van der Waals surface area contributed by atoms with Gasteiger partial charge in [0.05, 0.1) is 5.60 Å². The minimum atomic E-state index is -5.56. The normalized spacial score (nSPS) is 22.0. The van der Waals surface area contributed by atoms with E-state index in [0.29, 0.717) is 12.8 Å². The van der Waals surface area contributed by atoms with Gasteiger partial charge in [0.2, 0.25) is 0 Å². The van der Waals surface area contributed by atoms with Crippen LogP contribution in [0.1, 0.15) is 33.1 Å². The summed E-state index contributed by atoms with van der Waals surface area (Å²) in [5, 5.41) is 0. The van der Waals surface area contributed by atoms with Crippen LogP contribution in [-0.4, -0.2) is 26.6 Å². The summed E-state index contributed by atoms with van der Waals surface area (Å²) >= 11 is 0. The molecule has 0 radical (unpaired) electrons. The Morgan fingerprint density at radius 1 is 1.32 bits per heavy atom. The number of alkyl halides is 3. The summed E-state index contributed by atoms with van der Waals surface area (Å²) in [5.41, 5.74) is -5.80. The third-order valence-electron chi connectivity index (χ3n) is 3.38. The minimum Gasteiger partial charge on any atom is -0.381 e. The predicted molar refractivity (Wildman–Crippen MR) is 62.6 cm³/mol. The maximum Gasteiger partial charge on any atom is 0.534 e. The number of hydrogen-bond acceptors (Lipinski definition) is 4. The first-order chi connectivity index (χ1) is 8.49. The van der Waals surface area contributed by atoms with Gasteiger partial charge in [0.15, 0.2) is 0 Å². The van der Waals surface area contributed by atoms with Crippen molar-refractivity contribution in [2.75, 3.05) is 7.11 Å². The van der Waals surface area contributed by atoms with Gasteiger partial charge >= 0.3 is 15.6 Å².